The van der Waals surface area contributed by atoms with E-state index in [1.165, 1.54) is 16.7 Å². The van der Waals surface area contributed by atoms with E-state index in [4.69, 9.17) is 11.6 Å². The average Bonchev–Trinajstić information content (AvgIpc) is 2.48. The van der Waals surface area contributed by atoms with Crippen molar-refractivity contribution in [2.45, 2.75) is 39.7 Å². The molecule has 0 aliphatic carbocycles. The molecule has 0 aliphatic heterocycles. The van der Waals surface area contributed by atoms with Crippen molar-refractivity contribution in [1.29, 1.82) is 0 Å². The van der Waals surface area contributed by atoms with Crippen molar-refractivity contribution in [2.75, 3.05) is 6.54 Å². The molecule has 0 fully saturated rings. The Balaban J connectivity index is 2.07. The first-order valence-electron chi connectivity index (χ1n) is 7.65. The molecule has 0 heterocycles. The van der Waals surface area contributed by atoms with Crippen molar-refractivity contribution in [2.24, 2.45) is 0 Å². The van der Waals surface area contributed by atoms with E-state index in [0.717, 1.165) is 30.0 Å². The first kappa shape index (κ1) is 16.1. The molecule has 0 saturated heterocycles. The molecule has 0 bridgehead atoms. The summed E-state index contributed by atoms with van der Waals surface area (Å²) in [5.41, 5.74) is 5.11. The van der Waals surface area contributed by atoms with Crippen LogP contribution in [0.15, 0.2) is 42.5 Å². The normalized spacial score (nSPS) is 12.4. The fourth-order valence-corrected chi connectivity index (χ4v) is 2.71. The molecule has 1 unspecified atom stereocenters. The van der Waals surface area contributed by atoms with Gasteiger partial charge in [-0.25, -0.2) is 0 Å². The zero-order chi connectivity index (χ0) is 15.2. The summed E-state index contributed by atoms with van der Waals surface area (Å²) in [5.74, 6) is 0. The van der Waals surface area contributed by atoms with Crippen molar-refractivity contribution in [3.05, 3.63) is 69.7 Å². The van der Waals surface area contributed by atoms with Gasteiger partial charge in [-0.15, -0.1) is 0 Å². The second-order valence-electron chi connectivity index (χ2n) is 5.64. The summed E-state index contributed by atoms with van der Waals surface area (Å²) >= 11 is 6.26. The minimum Gasteiger partial charge on any atom is -0.310 e. The molecular formula is C19H24ClN. The molecule has 2 aromatic rings. The van der Waals surface area contributed by atoms with E-state index in [-0.39, 0.29) is 0 Å². The largest absolute Gasteiger partial charge is 0.310 e. The maximum Gasteiger partial charge on any atom is 0.0438 e. The average molecular weight is 302 g/mol. The predicted molar refractivity (Wildman–Crippen MR) is 92.1 cm³/mol. The number of benzene rings is 2. The summed E-state index contributed by atoms with van der Waals surface area (Å²) in [6.07, 6.45) is 2.15. The van der Waals surface area contributed by atoms with Gasteiger partial charge in [0.1, 0.15) is 0 Å². The molecule has 2 heteroatoms. The second kappa shape index (κ2) is 7.63. The molecule has 0 aliphatic rings. The summed E-state index contributed by atoms with van der Waals surface area (Å²) in [6, 6.07) is 15.5. The van der Waals surface area contributed by atoms with E-state index >= 15 is 0 Å². The van der Waals surface area contributed by atoms with E-state index in [1.807, 2.05) is 6.92 Å². The van der Waals surface area contributed by atoms with Gasteiger partial charge in [0.2, 0.25) is 0 Å². The highest BCUT2D eigenvalue weighted by Gasteiger charge is 2.11. The molecule has 1 nitrogen and oxygen atoms in total. The van der Waals surface area contributed by atoms with Gasteiger partial charge in [0.25, 0.3) is 0 Å². The van der Waals surface area contributed by atoms with E-state index in [0.29, 0.717) is 6.04 Å². The number of halogens is 1. The molecular weight excluding hydrogens is 278 g/mol. The van der Waals surface area contributed by atoms with Crippen LogP contribution in [0.4, 0.5) is 0 Å². The molecule has 112 valence electrons. The Bertz CT molecular complexity index is 575. The SMILES string of the molecule is CCNC(CCc1ccc(C)cc1)c1ccc(C)c(Cl)c1. The van der Waals surface area contributed by atoms with E-state index < -0.39 is 0 Å². The van der Waals surface area contributed by atoms with Crippen LogP contribution >= 0.6 is 11.6 Å². The van der Waals surface area contributed by atoms with Crippen LogP contribution in [0.1, 0.15) is 41.6 Å². The minimum absolute atomic E-state index is 0.356. The third kappa shape index (κ3) is 4.59. The highest BCUT2D eigenvalue weighted by molar-refractivity contribution is 6.31. The van der Waals surface area contributed by atoms with Crippen LogP contribution in [0, 0.1) is 13.8 Å². The van der Waals surface area contributed by atoms with Crippen molar-refractivity contribution in [3.63, 3.8) is 0 Å². The third-order valence-electron chi connectivity index (χ3n) is 3.89. The molecule has 0 spiro atoms. The molecule has 1 N–H and O–H groups in total. The Morgan fingerprint density at radius 2 is 1.76 bits per heavy atom. The highest BCUT2D eigenvalue weighted by Crippen LogP contribution is 2.24. The molecule has 2 aromatic carbocycles. The Morgan fingerprint density at radius 1 is 1.05 bits per heavy atom. The topological polar surface area (TPSA) is 12.0 Å². The fourth-order valence-electron chi connectivity index (χ4n) is 2.52. The fraction of sp³-hybridized carbons (Fsp3) is 0.368. The number of hydrogen-bond acceptors (Lipinski definition) is 1. The van der Waals surface area contributed by atoms with Crippen LogP contribution in [0.5, 0.6) is 0 Å². The van der Waals surface area contributed by atoms with E-state index in [2.05, 4.69) is 61.6 Å². The van der Waals surface area contributed by atoms with Gasteiger partial charge in [-0.1, -0.05) is 60.5 Å². The molecule has 0 amide bonds. The zero-order valence-electron chi connectivity index (χ0n) is 13.1. The van der Waals surface area contributed by atoms with Gasteiger partial charge in [-0.2, -0.15) is 0 Å². The van der Waals surface area contributed by atoms with Crippen molar-refractivity contribution < 1.29 is 0 Å². The first-order chi connectivity index (χ1) is 10.1. The molecule has 21 heavy (non-hydrogen) atoms. The molecule has 0 saturated carbocycles. The van der Waals surface area contributed by atoms with Crippen LogP contribution in [-0.2, 0) is 6.42 Å². The number of hydrogen-bond donors (Lipinski definition) is 1. The van der Waals surface area contributed by atoms with Gasteiger partial charge in [0.15, 0.2) is 0 Å². The van der Waals surface area contributed by atoms with Crippen LogP contribution < -0.4 is 5.32 Å². The minimum atomic E-state index is 0.356. The van der Waals surface area contributed by atoms with Crippen LogP contribution in [0.3, 0.4) is 0 Å². The Kier molecular flexibility index (Phi) is 5.84. The lowest BCUT2D eigenvalue weighted by molar-refractivity contribution is 0.515. The van der Waals surface area contributed by atoms with Gasteiger partial charge in [-0.05, 0) is 56.0 Å². The predicted octanol–water partition coefficient (Wildman–Crippen LogP) is 5.24. The lowest BCUT2D eigenvalue weighted by Gasteiger charge is -2.19. The van der Waals surface area contributed by atoms with Crippen LogP contribution in [-0.4, -0.2) is 6.54 Å². The maximum absolute atomic E-state index is 6.26. The summed E-state index contributed by atoms with van der Waals surface area (Å²) in [7, 11) is 0. The van der Waals surface area contributed by atoms with E-state index in [1.54, 1.807) is 0 Å². The van der Waals surface area contributed by atoms with Gasteiger partial charge in [-0.3, -0.25) is 0 Å². The van der Waals surface area contributed by atoms with Gasteiger partial charge >= 0.3 is 0 Å². The van der Waals surface area contributed by atoms with Gasteiger partial charge in [0, 0.05) is 11.1 Å². The Morgan fingerprint density at radius 3 is 2.38 bits per heavy atom. The molecule has 1 atom stereocenters. The van der Waals surface area contributed by atoms with Gasteiger partial charge < -0.3 is 5.32 Å². The van der Waals surface area contributed by atoms with Crippen molar-refractivity contribution in [3.8, 4) is 0 Å². The summed E-state index contributed by atoms with van der Waals surface area (Å²) in [6.45, 7) is 7.28. The Labute approximate surface area is 133 Å². The van der Waals surface area contributed by atoms with E-state index in [9.17, 15) is 0 Å². The summed E-state index contributed by atoms with van der Waals surface area (Å²) < 4.78 is 0. The number of rotatable bonds is 6. The number of nitrogens with one attached hydrogen (secondary N) is 1. The Hall–Kier alpha value is -1.31. The number of aryl methyl sites for hydroxylation is 3. The van der Waals surface area contributed by atoms with Crippen molar-refractivity contribution >= 4 is 11.6 Å². The lowest BCUT2D eigenvalue weighted by Crippen LogP contribution is -2.21. The van der Waals surface area contributed by atoms with Crippen molar-refractivity contribution in [1.82, 2.24) is 5.32 Å². The summed E-state index contributed by atoms with van der Waals surface area (Å²) in [4.78, 5) is 0. The van der Waals surface area contributed by atoms with Crippen LogP contribution in [0.25, 0.3) is 0 Å². The lowest BCUT2D eigenvalue weighted by atomic mass is 9.97. The molecule has 0 radical (unpaired) electrons. The van der Waals surface area contributed by atoms with Gasteiger partial charge in [0.05, 0.1) is 0 Å². The molecule has 0 aromatic heterocycles. The first-order valence-corrected chi connectivity index (χ1v) is 8.03. The quantitative estimate of drug-likeness (QED) is 0.769. The highest BCUT2D eigenvalue weighted by atomic mass is 35.5. The zero-order valence-corrected chi connectivity index (χ0v) is 13.9. The summed E-state index contributed by atoms with van der Waals surface area (Å²) in [5, 5.41) is 4.42. The smallest absolute Gasteiger partial charge is 0.0438 e. The molecule has 2 rings (SSSR count). The maximum atomic E-state index is 6.26. The third-order valence-corrected chi connectivity index (χ3v) is 4.30. The monoisotopic (exact) mass is 301 g/mol. The van der Waals surface area contributed by atoms with Crippen LogP contribution in [0.2, 0.25) is 5.02 Å². The second-order valence-corrected chi connectivity index (χ2v) is 6.05. The standard InChI is InChI=1S/C19H24ClN/c1-4-21-19(17-11-7-15(3)18(20)13-17)12-10-16-8-5-14(2)6-9-16/h5-9,11,13,19,21H,4,10,12H2,1-3H3.